The molecule has 148 valence electrons. The molecule has 0 aliphatic carbocycles. The Balaban J connectivity index is 1.52. The van der Waals surface area contributed by atoms with Crippen LogP contribution in [-0.2, 0) is 6.61 Å². The van der Waals surface area contributed by atoms with Crippen molar-refractivity contribution in [1.82, 2.24) is 5.32 Å². The van der Waals surface area contributed by atoms with Crippen LogP contribution in [0.25, 0.3) is 0 Å². The molecule has 0 heterocycles. The molecule has 0 spiro atoms. The first-order valence-electron chi connectivity index (χ1n) is 8.78. The molecule has 3 rings (SSSR count). The van der Waals surface area contributed by atoms with Gasteiger partial charge in [0.2, 0.25) is 0 Å². The molecule has 2 N–H and O–H groups in total. The van der Waals surface area contributed by atoms with Crippen LogP contribution >= 0.6 is 28.1 Å². The minimum absolute atomic E-state index is 0.208. The lowest BCUT2D eigenvalue weighted by Gasteiger charge is -2.11. The Bertz CT molecular complexity index is 995. The third-order valence-corrected chi connectivity index (χ3v) is 4.83. The van der Waals surface area contributed by atoms with Crippen LogP contribution in [-0.4, -0.2) is 18.1 Å². The molecule has 0 aliphatic heterocycles. The summed E-state index contributed by atoms with van der Waals surface area (Å²) in [5.74, 6) is 1.09. The Labute approximate surface area is 183 Å². The molecule has 3 aromatic carbocycles. The number of halogens is 1. The van der Waals surface area contributed by atoms with Crippen molar-refractivity contribution >= 4 is 44.9 Å². The molecule has 1 amide bonds. The number of thiocarbonyl (C=S) groups is 1. The number of anilines is 1. The summed E-state index contributed by atoms with van der Waals surface area (Å²) in [5.41, 5.74) is 2.31. The second kappa shape index (κ2) is 10.0. The molecule has 0 aliphatic rings. The number of hydrogen-bond donors (Lipinski definition) is 2. The van der Waals surface area contributed by atoms with Gasteiger partial charge in [-0.15, -0.1) is 0 Å². The average molecular weight is 471 g/mol. The molecule has 0 saturated heterocycles. The van der Waals surface area contributed by atoms with Gasteiger partial charge in [-0.2, -0.15) is 0 Å². The maximum atomic E-state index is 12.4. The van der Waals surface area contributed by atoms with Crippen molar-refractivity contribution in [3.05, 3.63) is 88.4 Å². The summed E-state index contributed by atoms with van der Waals surface area (Å²) in [5, 5.41) is 5.86. The highest BCUT2D eigenvalue weighted by atomic mass is 79.9. The predicted octanol–water partition coefficient (Wildman–Crippen LogP) is 5.16. The Morgan fingerprint density at radius 2 is 1.76 bits per heavy atom. The van der Waals surface area contributed by atoms with Crippen LogP contribution in [0.1, 0.15) is 15.9 Å². The van der Waals surface area contributed by atoms with Gasteiger partial charge in [0.05, 0.1) is 11.6 Å². The van der Waals surface area contributed by atoms with E-state index in [0.29, 0.717) is 22.4 Å². The highest BCUT2D eigenvalue weighted by molar-refractivity contribution is 9.10. The van der Waals surface area contributed by atoms with Crippen LogP contribution in [0.15, 0.2) is 77.3 Å². The lowest BCUT2D eigenvalue weighted by Crippen LogP contribution is -2.34. The molecule has 0 bridgehead atoms. The second-order valence-corrected chi connectivity index (χ2v) is 7.32. The minimum atomic E-state index is -0.311. The SMILES string of the molecule is COc1ccc(C(=O)NC(=S)Nc2ccc(OCc3ccccc3)cc2)cc1Br. The first-order chi connectivity index (χ1) is 14.0. The van der Waals surface area contributed by atoms with Crippen molar-refractivity contribution in [1.29, 1.82) is 0 Å². The van der Waals surface area contributed by atoms with Crippen LogP contribution in [0, 0.1) is 0 Å². The third kappa shape index (κ3) is 6.04. The summed E-state index contributed by atoms with van der Waals surface area (Å²) in [6.07, 6.45) is 0. The van der Waals surface area contributed by atoms with Crippen LogP contribution in [0.5, 0.6) is 11.5 Å². The number of rotatable bonds is 6. The van der Waals surface area contributed by atoms with Gasteiger partial charge < -0.3 is 14.8 Å². The largest absolute Gasteiger partial charge is 0.496 e. The summed E-state index contributed by atoms with van der Waals surface area (Å²) in [7, 11) is 1.57. The summed E-state index contributed by atoms with van der Waals surface area (Å²) in [6.45, 7) is 0.500. The summed E-state index contributed by atoms with van der Waals surface area (Å²) in [6, 6.07) is 22.4. The standard InChI is InChI=1S/C22H19BrN2O3S/c1-27-20-12-7-16(13-19(20)23)21(26)25-22(29)24-17-8-10-18(11-9-17)28-14-15-5-3-2-4-6-15/h2-13H,14H2,1H3,(H2,24,25,26,29). The number of methoxy groups -OCH3 is 1. The van der Waals surface area contributed by atoms with E-state index in [9.17, 15) is 4.79 Å². The summed E-state index contributed by atoms with van der Waals surface area (Å²) < 4.78 is 11.6. The molecular weight excluding hydrogens is 452 g/mol. The van der Waals surface area contributed by atoms with Crippen molar-refractivity contribution < 1.29 is 14.3 Å². The predicted molar refractivity (Wildman–Crippen MR) is 122 cm³/mol. The smallest absolute Gasteiger partial charge is 0.257 e. The van der Waals surface area contributed by atoms with Gasteiger partial charge in [0.1, 0.15) is 18.1 Å². The third-order valence-electron chi connectivity index (χ3n) is 4.00. The van der Waals surface area contributed by atoms with Crippen molar-refractivity contribution in [2.75, 3.05) is 12.4 Å². The fraction of sp³-hybridized carbons (Fsp3) is 0.0909. The van der Waals surface area contributed by atoms with Gasteiger partial charge in [0.15, 0.2) is 5.11 Å². The molecule has 0 aromatic heterocycles. The zero-order valence-corrected chi connectivity index (χ0v) is 18.0. The van der Waals surface area contributed by atoms with Crippen molar-refractivity contribution in [2.24, 2.45) is 0 Å². The zero-order chi connectivity index (χ0) is 20.6. The molecular formula is C22H19BrN2O3S. The van der Waals surface area contributed by atoms with Crippen LogP contribution < -0.4 is 20.1 Å². The van der Waals surface area contributed by atoms with Gasteiger partial charge in [0, 0.05) is 11.3 Å². The van der Waals surface area contributed by atoms with Gasteiger partial charge in [-0.1, -0.05) is 30.3 Å². The molecule has 3 aromatic rings. The second-order valence-electron chi connectivity index (χ2n) is 6.06. The monoisotopic (exact) mass is 470 g/mol. The van der Waals surface area contributed by atoms with Crippen LogP contribution in [0.4, 0.5) is 5.69 Å². The van der Waals surface area contributed by atoms with E-state index in [1.54, 1.807) is 25.3 Å². The van der Waals surface area contributed by atoms with Crippen molar-refractivity contribution in [3.8, 4) is 11.5 Å². The van der Waals surface area contributed by atoms with Gasteiger partial charge >= 0.3 is 0 Å². The van der Waals surface area contributed by atoms with E-state index in [0.717, 1.165) is 17.0 Å². The van der Waals surface area contributed by atoms with E-state index in [-0.39, 0.29) is 11.0 Å². The van der Waals surface area contributed by atoms with Crippen LogP contribution in [0.2, 0.25) is 0 Å². The van der Waals surface area contributed by atoms with E-state index in [1.165, 1.54) is 0 Å². The number of carbonyl (C=O) groups excluding carboxylic acids is 1. The first kappa shape index (κ1) is 20.8. The molecule has 7 heteroatoms. The Morgan fingerprint density at radius 3 is 2.41 bits per heavy atom. The zero-order valence-electron chi connectivity index (χ0n) is 15.6. The number of carbonyl (C=O) groups is 1. The first-order valence-corrected chi connectivity index (χ1v) is 9.98. The van der Waals surface area contributed by atoms with E-state index in [1.807, 2.05) is 54.6 Å². The number of hydrogen-bond acceptors (Lipinski definition) is 4. The molecule has 0 radical (unpaired) electrons. The fourth-order valence-corrected chi connectivity index (χ4v) is 3.27. The summed E-state index contributed by atoms with van der Waals surface area (Å²) in [4.78, 5) is 12.4. The van der Waals surface area contributed by atoms with Crippen LogP contribution in [0.3, 0.4) is 0 Å². The van der Waals surface area contributed by atoms with E-state index in [4.69, 9.17) is 21.7 Å². The molecule has 0 saturated carbocycles. The minimum Gasteiger partial charge on any atom is -0.496 e. The van der Waals surface area contributed by atoms with Gasteiger partial charge in [-0.05, 0) is 76.2 Å². The van der Waals surface area contributed by atoms with Gasteiger partial charge in [-0.25, -0.2) is 0 Å². The summed E-state index contributed by atoms with van der Waals surface area (Å²) >= 11 is 8.60. The Hall–Kier alpha value is -2.90. The fourth-order valence-electron chi connectivity index (χ4n) is 2.52. The lowest BCUT2D eigenvalue weighted by atomic mass is 10.2. The number of nitrogens with one attached hydrogen (secondary N) is 2. The normalized spacial score (nSPS) is 10.1. The van der Waals surface area contributed by atoms with Gasteiger partial charge in [-0.3, -0.25) is 10.1 Å². The molecule has 5 nitrogen and oxygen atoms in total. The number of benzene rings is 3. The Morgan fingerprint density at radius 1 is 1.03 bits per heavy atom. The van der Waals surface area contributed by atoms with Gasteiger partial charge in [0.25, 0.3) is 5.91 Å². The average Bonchev–Trinajstić information content (AvgIpc) is 2.74. The Kier molecular flexibility index (Phi) is 7.21. The van der Waals surface area contributed by atoms with E-state index >= 15 is 0 Å². The van der Waals surface area contributed by atoms with Crippen molar-refractivity contribution in [2.45, 2.75) is 6.61 Å². The van der Waals surface area contributed by atoms with Crippen molar-refractivity contribution in [3.63, 3.8) is 0 Å². The maximum absolute atomic E-state index is 12.4. The maximum Gasteiger partial charge on any atom is 0.257 e. The quantitative estimate of drug-likeness (QED) is 0.487. The number of amides is 1. The number of ether oxygens (including phenoxy) is 2. The molecule has 0 atom stereocenters. The lowest BCUT2D eigenvalue weighted by molar-refractivity contribution is 0.0977. The molecule has 0 fully saturated rings. The highest BCUT2D eigenvalue weighted by Crippen LogP contribution is 2.25. The van der Waals surface area contributed by atoms with E-state index < -0.39 is 0 Å². The molecule has 29 heavy (non-hydrogen) atoms. The van der Waals surface area contributed by atoms with E-state index in [2.05, 4.69) is 26.6 Å². The topological polar surface area (TPSA) is 59.6 Å². The highest BCUT2D eigenvalue weighted by Gasteiger charge is 2.10. The molecule has 0 unspecified atom stereocenters.